The highest BCUT2D eigenvalue weighted by Gasteiger charge is 2.61. The standard InChI is InChI=1S/C21H22F3N5O3S/c1-12-2-3-13(33(31,32)28-20-5-4-19(9-20,10-20)11-30)6-14(12)15-7-26-18-17(25)27-16(8-29(15)18)21(22,23)24/h2-3,6-8,28,30H,4-5,9-11H2,1H3,(H2,25,27)/i1D3. The third kappa shape index (κ3) is 3.47. The van der Waals surface area contributed by atoms with Gasteiger partial charge in [-0.2, -0.15) is 13.2 Å². The fourth-order valence-electron chi connectivity index (χ4n) is 5.15. The van der Waals surface area contributed by atoms with Crippen LogP contribution in [0.3, 0.4) is 0 Å². The number of halogens is 3. The Hall–Kier alpha value is -2.70. The zero-order chi connectivity index (χ0) is 26.3. The number of rotatable bonds is 5. The number of imidazole rings is 1. The predicted octanol–water partition coefficient (Wildman–Crippen LogP) is 2.89. The average molecular weight is 485 g/mol. The van der Waals surface area contributed by atoms with Gasteiger partial charge in [-0.05, 0) is 55.6 Å². The van der Waals surface area contributed by atoms with E-state index in [0.717, 1.165) is 28.8 Å². The Bertz CT molecular complexity index is 1480. The number of anilines is 1. The number of alkyl halides is 3. The third-order valence-corrected chi connectivity index (χ3v) is 8.21. The van der Waals surface area contributed by atoms with Crippen LogP contribution in [-0.4, -0.2) is 40.0 Å². The molecule has 6 rings (SSSR count). The van der Waals surface area contributed by atoms with Crippen LogP contribution in [-0.2, 0) is 16.2 Å². The van der Waals surface area contributed by atoms with Crippen molar-refractivity contribution >= 4 is 21.5 Å². The SMILES string of the molecule is [2H]C([2H])([2H])c1ccc(S(=O)(=O)NC23CCC(CO)(C2)C3)cc1-c1cnc2c(N)nc(C(F)(F)F)cn12. The number of benzene rings is 1. The molecule has 0 amide bonds. The smallest absolute Gasteiger partial charge is 0.396 e. The Kier molecular flexibility index (Phi) is 3.91. The first-order chi connectivity index (χ1) is 16.6. The molecule has 3 aliphatic carbocycles. The van der Waals surface area contributed by atoms with Gasteiger partial charge in [0.1, 0.15) is 0 Å². The number of aliphatic hydroxyl groups is 1. The van der Waals surface area contributed by atoms with Crippen molar-refractivity contribution in [1.82, 2.24) is 19.1 Å². The number of nitrogens with one attached hydrogen (secondary N) is 1. The number of sulfonamides is 1. The summed E-state index contributed by atoms with van der Waals surface area (Å²) in [5.41, 5.74) is 2.76. The van der Waals surface area contributed by atoms with Gasteiger partial charge in [0, 0.05) is 28.0 Å². The van der Waals surface area contributed by atoms with Crippen molar-refractivity contribution in [3.05, 3.63) is 41.9 Å². The maximum atomic E-state index is 13.4. The second kappa shape index (κ2) is 6.90. The molecule has 0 saturated heterocycles. The van der Waals surface area contributed by atoms with Gasteiger partial charge < -0.3 is 10.8 Å². The fourth-order valence-corrected chi connectivity index (χ4v) is 6.60. The Labute approximate surface area is 191 Å². The van der Waals surface area contributed by atoms with Crippen LogP contribution in [0.15, 0.2) is 35.5 Å². The summed E-state index contributed by atoms with van der Waals surface area (Å²) < 4.78 is 94.0. The number of aliphatic hydroxyl groups excluding tert-OH is 1. The van der Waals surface area contributed by atoms with Gasteiger partial charge in [0.25, 0.3) is 0 Å². The minimum Gasteiger partial charge on any atom is -0.396 e. The molecule has 0 aliphatic heterocycles. The molecule has 1 aromatic carbocycles. The van der Waals surface area contributed by atoms with Crippen molar-refractivity contribution in [2.75, 3.05) is 12.3 Å². The summed E-state index contributed by atoms with van der Waals surface area (Å²) in [6.07, 6.45) is -0.832. The topological polar surface area (TPSA) is 123 Å². The quantitative estimate of drug-likeness (QED) is 0.512. The largest absolute Gasteiger partial charge is 0.434 e. The number of fused-ring (bicyclic) bond motifs is 2. The van der Waals surface area contributed by atoms with Crippen LogP contribution >= 0.6 is 0 Å². The molecule has 2 bridgehead atoms. The number of nitrogens with two attached hydrogens (primary N) is 1. The molecule has 33 heavy (non-hydrogen) atoms. The normalized spacial score (nSPS) is 26.6. The van der Waals surface area contributed by atoms with Gasteiger partial charge in [-0.1, -0.05) is 6.07 Å². The maximum absolute atomic E-state index is 13.4. The van der Waals surface area contributed by atoms with E-state index in [2.05, 4.69) is 14.7 Å². The molecule has 0 unspecified atom stereocenters. The number of aromatic nitrogens is 3. The highest BCUT2D eigenvalue weighted by Crippen LogP contribution is 2.61. The number of nitrogen functional groups attached to an aromatic ring is 1. The highest BCUT2D eigenvalue weighted by molar-refractivity contribution is 7.89. The van der Waals surface area contributed by atoms with Gasteiger partial charge in [0.15, 0.2) is 17.2 Å². The van der Waals surface area contributed by atoms with E-state index in [1.54, 1.807) is 0 Å². The first-order valence-corrected chi connectivity index (χ1v) is 11.6. The Morgan fingerprint density at radius 1 is 1.33 bits per heavy atom. The highest BCUT2D eigenvalue weighted by atomic mass is 32.2. The van der Waals surface area contributed by atoms with Crippen LogP contribution in [0.5, 0.6) is 0 Å². The van der Waals surface area contributed by atoms with Gasteiger partial charge >= 0.3 is 6.18 Å². The van der Waals surface area contributed by atoms with Crippen LogP contribution in [0.25, 0.3) is 16.9 Å². The van der Waals surface area contributed by atoms with Gasteiger partial charge in [-0.3, -0.25) is 4.40 Å². The minimum absolute atomic E-state index is 0.0277. The summed E-state index contributed by atoms with van der Waals surface area (Å²) in [6, 6.07) is 3.38. The molecule has 2 heterocycles. The molecule has 3 aromatic rings. The molecule has 4 N–H and O–H groups in total. The average Bonchev–Trinajstić information content (AvgIpc) is 3.43. The van der Waals surface area contributed by atoms with Crippen molar-refractivity contribution in [1.29, 1.82) is 0 Å². The van der Waals surface area contributed by atoms with Crippen molar-refractivity contribution in [3.8, 4) is 11.3 Å². The summed E-state index contributed by atoms with van der Waals surface area (Å²) in [5.74, 6) is -0.519. The lowest BCUT2D eigenvalue weighted by Gasteiger charge is -2.46. The molecule has 3 aliphatic rings. The molecule has 3 saturated carbocycles. The fraction of sp³-hybridized carbons (Fsp3) is 0.429. The molecular formula is C21H22F3N5O3S. The molecule has 12 heteroatoms. The lowest BCUT2D eigenvalue weighted by Crippen LogP contribution is -2.56. The Morgan fingerprint density at radius 2 is 2.09 bits per heavy atom. The third-order valence-electron chi connectivity index (χ3n) is 6.63. The molecule has 176 valence electrons. The van der Waals surface area contributed by atoms with E-state index in [9.17, 15) is 26.7 Å². The van der Waals surface area contributed by atoms with Gasteiger partial charge in [-0.25, -0.2) is 23.1 Å². The molecule has 0 radical (unpaired) electrons. The summed E-state index contributed by atoms with van der Waals surface area (Å²) in [5, 5.41) is 9.60. The van der Waals surface area contributed by atoms with E-state index in [1.165, 1.54) is 0 Å². The van der Waals surface area contributed by atoms with Crippen molar-refractivity contribution < 1.29 is 30.8 Å². The number of aryl methyl sites for hydroxylation is 1. The van der Waals surface area contributed by atoms with E-state index < -0.39 is 40.1 Å². The number of hydrogen-bond donors (Lipinski definition) is 3. The van der Waals surface area contributed by atoms with Crippen LogP contribution in [0.4, 0.5) is 19.0 Å². The zero-order valence-corrected chi connectivity index (χ0v) is 18.0. The second-order valence-corrected chi connectivity index (χ2v) is 10.6. The van der Waals surface area contributed by atoms with E-state index in [0.29, 0.717) is 31.9 Å². The predicted molar refractivity (Wildman–Crippen MR) is 114 cm³/mol. The van der Waals surface area contributed by atoms with Crippen LogP contribution < -0.4 is 10.5 Å². The summed E-state index contributed by atoms with van der Waals surface area (Å²) in [7, 11) is -4.13. The van der Waals surface area contributed by atoms with Crippen LogP contribution in [0.2, 0.25) is 0 Å². The number of hydrogen-bond acceptors (Lipinski definition) is 6. The second-order valence-electron chi connectivity index (χ2n) is 8.95. The lowest BCUT2D eigenvalue weighted by atomic mass is 9.66. The Balaban J connectivity index is 1.63. The summed E-state index contributed by atoms with van der Waals surface area (Å²) >= 11 is 0. The monoisotopic (exact) mass is 484 g/mol. The molecule has 0 atom stereocenters. The van der Waals surface area contributed by atoms with E-state index in [-0.39, 0.29) is 39.4 Å². The first kappa shape index (κ1) is 18.7. The summed E-state index contributed by atoms with van der Waals surface area (Å²) in [6.45, 7) is -2.74. The summed E-state index contributed by atoms with van der Waals surface area (Å²) in [4.78, 5) is 7.06. The van der Waals surface area contributed by atoms with E-state index in [4.69, 9.17) is 9.85 Å². The molecule has 0 spiro atoms. The Morgan fingerprint density at radius 3 is 2.73 bits per heavy atom. The lowest BCUT2D eigenvalue weighted by molar-refractivity contribution is -0.141. The van der Waals surface area contributed by atoms with Gasteiger partial charge in [-0.15, -0.1) is 0 Å². The molecule has 8 nitrogen and oxygen atoms in total. The molecule has 3 fully saturated rings. The van der Waals surface area contributed by atoms with Crippen LogP contribution in [0.1, 0.15) is 41.1 Å². The van der Waals surface area contributed by atoms with E-state index >= 15 is 0 Å². The minimum atomic E-state index is -4.83. The van der Waals surface area contributed by atoms with Gasteiger partial charge in [0.05, 0.1) is 16.8 Å². The van der Waals surface area contributed by atoms with Crippen molar-refractivity contribution in [2.45, 2.75) is 49.1 Å². The van der Waals surface area contributed by atoms with Gasteiger partial charge in [0.2, 0.25) is 10.0 Å². The van der Waals surface area contributed by atoms with Crippen molar-refractivity contribution in [2.24, 2.45) is 5.41 Å². The first-order valence-electron chi connectivity index (χ1n) is 11.6. The zero-order valence-electron chi connectivity index (χ0n) is 20.1. The van der Waals surface area contributed by atoms with E-state index in [1.807, 2.05) is 0 Å². The number of nitrogens with zero attached hydrogens (tertiary/aromatic N) is 3. The van der Waals surface area contributed by atoms with Crippen molar-refractivity contribution in [3.63, 3.8) is 0 Å². The molecule has 2 aromatic heterocycles. The van der Waals surface area contributed by atoms with Crippen LogP contribution in [0, 0.1) is 12.3 Å². The molecular weight excluding hydrogens is 459 g/mol. The maximum Gasteiger partial charge on any atom is 0.434 e.